The maximum atomic E-state index is 13.4. The SMILES string of the molecule is COc1ccc(C(=O)COc2c(-c3ccc(C(C)(C)C)cc3)oc3cc(C)ccc3c2=O)cc1. The summed E-state index contributed by atoms with van der Waals surface area (Å²) in [7, 11) is 1.57. The number of Topliss-reactive ketones (excluding diaryl/α,β-unsaturated/α-hetero) is 1. The number of benzene rings is 3. The van der Waals surface area contributed by atoms with Gasteiger partial charge in [-0.1, -0.05) is 51.1 Å². The highest BCUT2D eigenvalue weighted by Gasteiger charge is 2.21. The van der Waals surface area contributed by atoms with Gasteiger partial charge in [-0.05, 0) is 59.9 Å². The summed E-state index contributed by atoms with van der Waals surface area (Å²) < 4.78 is 17.2. The van der Waals surface area contributed by atoms with Gasteiger partial charge in [0.1, 0.15) is 11.3 Å². The molecule has 0 N–H and O–H groups in total. The smallest absolute Gasteiger partial charge is 0.235 e. The summed E-state index contributed by atoms with van der Waals surface area (Å²) in [5, 5.41) is 0.410. The molecule has 1 aromatic heterocycles. The van der Waals surface area contributed by atoms with E-state index in [1.165, 1.54) is 0 Å². The number of ether oxygens (including phenoxy) is 2. The molecular weight excluding hydrogens is 428 g/mol. The Morgan fingerprint density at radius 1 is 0.941 bits per heavy atom. The first kappa shape index (κ1) is 23.3. The molecule has 1 heterocycles. The second-order valence-corrected chi connectivity index (χ2v) is 9.36. The van der Waals surface area contributed by atoms with Gasteiger partial charge in [0.2, 0.25) is 11.2 Å². The van der Waals surface area contributed by atoms with Crippen molar-refractivity contribution in [3.63, 3.8) is 0 Å². The van der Waals surface area contributed by atoms with Crippen LogP contribution in [0.15, 0.2) is 75.9 Å². The molecular formula is C29H28O5. The fraction of sp³-hybridized carbons (Fsp3) is 0.241. The highest BCUT2D eigenvalue weighted by atomic mass is 16.5. The fourth-order valence-corrected chi connectivity index (χ4v) is 3.72. The highest BCUT2D eigenvalue weighted by molar-refractivity contribution is 5.97. The van der Waals surface area contributed by atoms with E-state index < -0.39 is 0 Å². The molecule has 0 atom stereocenters. The Balaban J connectivity index is 1.74. The van der Waals surface area contributed by atoms with E-state index in [0.29, 0.717) is 33.6 Å². The number of rotatable bonds is 6. The molecule has 0 aliphatic rings. The molecule has 0 saturated carbocycles. The van der Waals surface area contributed by atoms with Crippen LogP contribution in [0, 0.1) is 6.92 Å². The van der Waals surface area contributed by atoms with Gasteiger partial charge in [-0.25, -0.2) is 0 Å². The molecule has 34 heavy (non-hydrogen) atoms. The lowest BCUT2D eigenvalue weighted by atomic mass is 9.86. The van der Waals surface area contributed by atoms with Gasteiger partial charge >= 0.3 is 0 Å². The molecule has 3 aromatic carbocycles. The van der Waals surface area contributed by atoms with Gasteiger partial charge in [0.05, 0.1) is 12.5 Å². The van der Waals surface area contributed by atoms with Crippen LogP contribution in [0.1, 0.15) is 42.3 Å². The zero-order valence-electron chi connectivity index (χ0n) is 20.1. The third-order valence-corrected chi connectivity index (χ3v) is 5.78. The van der Waals surface area contributed by atoms with E-state index in [1.807, 2.05) is 43.3 Å². The van der Waals surface area contributed by atoms with Crippen molar-refractivity contribution in [2.75, 3.05) is 13.7 Å². The third kappa shape index (κ3) is 4.74. The van der Waals surface area contributed by atoms with Crippen LogP contribution in [0.25, 0.3) is 22.3 Å². The molecule has 0 amide bonds. The minimum Gasteiger partial charge on any atom is -0.497 e. The maximum absolute atomic E-state index is 13.4. The Hall–Kier alpha value is -3.86. The molecule has 4 aromatic rings. The van der Waals surface area contributed by atoms with Crippen LogP contribution in [0.5, 0.6) is 11.5 Å². The summed E-state index contributed by atoms with van der Waals surface area (Å²) in [4.78, 5) is 26.1. The molecule has 0 unspecified atom stereocenters. The van der Waals surface area contributed by atoms with Crippen LogP contribution in [0.4, 0.5) is 0 Å². The molecule has 0 bridgehead atoms. The highest BCUT2D eigenvalue weighted by Crippen LogP contribution is 2.33. The van der Waals surface area contributed by atoms with Gasteiger partial charge in [-0.3, -0.25) is 9.59 Å². The number of carbonyl (C=O) groups excluding carboxylic acids is 1. The third-order valence-electron chi connectivity index (χ3n) is 5.78. The molecule has 0 aliphatic heterocycles. The van der Waals surface area contributed by atoms with Crippen molar-refractivity contribution in [1.29, 1.82) is 0 Å². The Kier molecular flexibility index (Phi) is 6.29. The van der Waals surface area contributed by atoms with Crippen molar-refractivity contribution in [3.8, 4) is 22.8 Å². The van der Waals surface area contributed by atoms with E-state index in [4.69, 9.17) is 13.9 Å². The monoisotopic (exact) mass is 456 g/mol. The first-order valence-corrected chi connectivity index (χ1v) is 11.2. The molecule has 0 spiro atoms. The zero-order valence-corrected chi connectivity index (χ0v) is 20.1. The summed E-state index contributed by atoms with van der Waals surface area (Å²) in [5.41, 5.74) is 3.48. The lowest BCUT2D eigenvalue weighted by Gasteiger charge is -2.19. The summed E-state index contributed by atoms with van der Waals surface area (Å²) in [5.74, 6) is 0.747. The normalized spacial score (nSPS) is 11.4. The molecule has 0 saturated heterocycles. The number of aryl methyl sites for hydroxylation is 1. The van der Waals surface area contributed by atoms with Crippen LogP contribution < -0.4 is 14.9 Å². The lowest BCUT2D eigenvalue weighted by molar-refractivity contribution is 0.0920. The standard InChI is InChI=1S/C29H28O5/c1-18-6-15-23-25(16-18)34-27(20-7-11-21(12-8-20)29(2,3)4)28(26(23)31)33-17-24(30)19-9-13-22(32-5)14-10-19/h6-16H,17H2,1-5H3. The maximum Gasteiger partial charge on any atom is 0.235 e. The molecule has 4 rings (SSSR count). The van der Waals surface area contributed by atoms with E-state index in [0.717, 1.165) is 11.1 Å². The average molecular weight is 457 g/mol. The molecule has 5 nitrogen and oxygen atoms in total. The zero-order chi connectivity index (χ0) is 24.5. The number of carbonyl (C=O) groups is 1. The topological polar surface area (TPSA) is 65.7 Å². The van der Waals surface area contributed by atoms with Crippen molar-refractivity contribution in [2.24, 2.45) is 0 Å². The second-order valence-electron chi connectivity index (χ2n) is 9.36. The number of ketones is 1. The van der Waals surface area contributed by atoms with Crippen molar-refractivity contribution < 1.29 is 18.7 Å². The Morgan fingerprint density at radius 3 is 2.24 bits per heavy atom. The molecule has 174 valence electrons. The fourth-order valence-electron chi connectivity index (χ4n) is 3.72. The van der Waals surface area contributed by atoms with Crippen molar-refractivity contribution >= 4 is 16.8 Å². The van der Waals surface area contributed by atoms with Gasteiger partial charge in [0, 0.05) is 11.1 Å². The summed E-state index contributed by atoms with van der Waals surface area (Å²) >= 11 is 0. The van der Waals surface area contributed by atoms with Crippen LogP contribution in [0.2, 0.25) is 0 Å². The van der Waals surface area contributed by atoms with Gasteiger partial charge in [-0.2, -0.15) is 0 Å². The van der Waals surface area contributed by atoms with E-state index in [1.54, 1.807) is 37.4 Å². The van der Waals surface area contributed by atoms with E-state index in [-0.39, 0.29) is 29.0 Å². The minimum atomic E-state index is -0.307. The van der Waals surface area contributed by atoms with Gasteiger partial charge in [0.15, 0.2) is 18.2 Å². The molecule has 0 aliphatic carbocycles. The summed E-state index contributed by atoms with van der Waals surface area (Å²) in [6.07, 6.45) is 0. The summed E-state index contributed by atoms with van der Waals surface area (Å²) in [6, 6.07) is 20.0. The number of methoxy groups -OCH3 is 1. The van der Waals surface area contributed by atoms with Crippen LogP contribution in [0.3, 0.4) is 0 Å². The quantitative estimate of drug-likeness (QED) is 0.317. The van der Waals surface area contributed by atoms with Crippen molar-refractivity contribution in [2.45, 2.75) is 33.1 Å². The Bertz CT molecular complexity index is 1390. The first-order chi connectivity index (χ1) is 16.2. The van der Waals surface area contributed by atoms with E-state index >= 15 is 0 Å². The number of fused-ring (bicyclic) bond motifs is 1. The summed E-state index contributed by atoms with van der Waals surface area (Å²) in [6.45, 7) is 8.07. The van der Waals surface area contributed by atoms with E-state index in [2.05, 4.69) is 20.8 Å². The van der Waals surface area contributed by atoms with Crippen LogP contribution >= 0.6 is 0 Å². The van der Waals surface area contributed by atoms with Crippen molar-refractivity contribution in [3.05, 3.63) is 93.6 Å². The lowest BCUT2D eigenvalue weighted by Crippen LogP contribution is -2.17. The van der Waals surface area contributed by atoms with Crippen LogP contribution in [-0.2, 0) is 5.41 Å². The first-order valence-electron chi connectivity index (χ1n) is 11.2. The van der Waals surface area contributed by atoms with Gasteiger partial charge in [0.25, 0.3) is 0 Å². The predicted molar refractivity (Wildman–Crippen MR) is 134 cm³/mol. The van der Waals surface area contributed by atoms with Gasteiger partial charge < -0.3 is 13.9 Å². The Labute approximate surface area is 199 Å². The van der Waals surface area contributed by atoms with Crippen molar-refractivity contribution in [1.82, 2.24) is 0 Å². The molecule has 5 heteroatoms. The van der Waals surface area contributed by atoms with Crippen LogP contribution in [-0.4, -0.2) is 19.5 Å². The van der Waals surface area contributed by atoms with E-state index in [9.17, 15) is 9.59 Å². The second kappa shape index (κ2) is 9.18. The number of hydrogen-bond donors (Lipinski definition) is 0. The Morgan fingerprint density at radius 2 is 1.62 bits per heavy atom. The number of hydrogen-bond acceptors (Lipinski definition) is 5. The average Bonchev–Trinajstić information content (AvgIpc) is 2.82. The molecule has 0 fully saturated rings. The largest absolute Gasteiger partial charge is 0.497 e. The van der Waals surface area contributed by atoms with Gasteiger partial charge in [-0.15, -0.1) is 0 Å². The predicted octanol–water partition coefficient (Wildman–Crippen LogP) is 6.34. The minimum absolute atomic E-state index is 0.00994. The molecule has 0 radical (unpaired) electrons.